The fourth-order valence-electron chi connectivity index (χ4n) is 1.57. The molecule has 94 valence electrons. The van der Waals surface area contributed by atoms with E-state index in [1.165, 1.54) is 5.56 Å². The smallest absolute Gasteiger partial charge is 0.144 e. The minimum Gasteiger partial charge on any atom is -0.366 e. The molecular weight excluding hydrogens is 292 g/mol. The van der Waals surface area contributed by atoms with Crippen LogP contribution in [0.25, 0.3) is 0 Å². The Kier molecular flexibility index (Phi) is 4.66. The van der Waals surface area contributed by atoms with Crippen molar-refractivity contribution in [3.63, 3.8) is 0 Å². The zero-order chi connectivity index (χ0) is 12.8. The molecule has 5 heteroatoms. The number of anilines is 1. The molecule has 18 heavy (non-hydrogen) atoms. The van der Waals surface area contributed by atoms with Gasteiger partial charge in [-0.15, -0.1) is 0 Å². The van der Waals surface area contributed by atoms with E-state index < -0.39 is 0 Å². The average molecular weight is 307 g/mol. The summed E-state index contributed by atoms with van der Waals surface area (Å²) in [5, 5.41) is 6.33. The van der Waals surface area contributed by atoms with Gasteiger partial charge in [0, 0.05) is 17.2 Å². The van der Waals surface area contributed by atoms with Gasteiger partial charge in [-0.2, -0.15) is 0 Å². The third-order valence-corrected chi connectivity index (χ3v) is 3.23. The monoisotopic (exact) mass is 306 g/mol. The van der Waals surface area contributed by atoms with Crippen molar-refractivity contribution in [2.45, 2.75) is 13.1 Å². The summed E-state index contributed by atoms with van der Waals surface area (Å²) in [6.07, 6.45) is 1.77. The van der Waals surface area contributed by atoms with Crippen LogP contribution in [0, 0.1) is 0 Å². The van der Waals surface area contributed by atoms with E-state index in [-0.39, 0.29) is 0 Å². The molecule has 1 heterocycles. The van der Waals surface area contributed by atoms with Crippen LogP contribution in [0.2, 0.25) is 0 Å². The van der Waals surface area contributed by atoms with Gasteiger partial charge < -0.3 is 10.6 Å². The van der Waals surface area contributed by atoms with Crippen molar-refractivity contribution >= 4 is 21.7 Å². The highest BCUT2D eigenvalue weighted by molar-refractivity contribution is 9.10. The van der Waals surface area contributed by atoms with E-state index >= 15 is 0 Å². The number of nitrogens with one attached hydrogen (secondary N) is 2. The number of benzene rings is 1. The van der Waals surface area contributed by atoms with Gasteiger partial charge in [0.1, 0.15) is 11.6 Å². The normalized spacial score (nSPS) is 10.3. The Morgan fingerprint density at radius 1 is 1.17 bits per heavy atom. The number of halogens is 1. The molecule has 2 aromatic rings. The minimum absolute atomic E-state index is 0.671. The molecule has 2 rings (SSSR count). The van der Waals surface area contributed by atoms with E-state index in [0.29, 0.717) is 6.54 Å². The molecular formula is C13H15BrN4. The fraction of sp³-hybridized carbons (Fsp3) is 0.231. The topological polar surface area (TPSA) is 49.8 Å². The van der Waals surface area contributed by atoms with E-state index in [9.17, 15) is 0 Å². The summed E-state index contributed by atoms with van der Waals surface area (Å²) in [6.45, 7) is 1.40. The third kappa shape index (κ3) is 3.51. The first kappa shape index (κ1) is 13.0. The summed E-state index contributed by atoms with van der Waals surface area (Å²) in [4.78, 5) is 8.59. The second kappa shape index (κ2) is 6.47. The fourth-order valence-corrected chi connectivity index (χ4v) is 1.99. The Morgan fingerprint density at radius 3 is 2.78 bits per heavy atom. The van der Waals surface area contributed by atoms with Crippen LogP contribution in [0.4, 0.5) is 5.82 Å². The lowest BCUT2D eigenvalue weighted by Gasteiger charge is -2.08. The SMILES string of the molecule is CNCc1nccc(NCc2ccccc2Br)n1. The molecule has 0 aliphatic carbocycles. The highest BCUT2D eigenvalue weighted by atomic mass is 79.9. The lowest BCUT2D eigenvalue weighted by atomic mass is 10.2. The van der Waals surface area contributed by atoms with Crippen LogP contribution in [0.3, 0.4) is 0 Å². The van der Waals surface area contributed by atoms with Crippen molar-refractivity contribution in [2.24, 2.45) is 0 Å². The maximum atomic E-state index is 4.41. The van der Waals surface area contributed by atoms with Gasteiger partial charge in [-0.3, -0.25) is 0 Å². The Labute approximate surface area is 115 Å². The molecule has 0 bridgehead atoms. The molecule has 0 fully saturated rings. The lowest BCUT2D eigenvalue weighted by molar-refractivity contribution is 0.758. The van der Waals surface area contributed by atoms with Crippen LogP contribution >= 0.6 is 15.9 Å². The minimum atomic E-state index is 0.671. The molecule has 4 nitrogen and oxygen atoms in total. The molecule has 2 N–H and O–H groups in total. The van der Waals surface area contributed by atoms with Gasteiger partial charge in [-0.05, 0) is 24.7 Å². The Morgan fingerprint density at radius 2 is 2.00 bits per heavy atom. The van der Waals surface area contributed by atoms with Gasteiger partial charge in [-0.1, -0.05) is 34.1 Å². The zero-order valence-corrected chi connectivity index (χ0v) is 11.7. The number of nitrogens with zero attached hydrogens (tertiary/aromatic N) is 2. The zero-order valence-electron chi connectivity index (χ0n) is 10.2. The van der Waals surface area contributed by atoms with Crippen molar-refractivity contribution in [3.8, 4) is 0 Å². The first-order valence-corrected chi connectivity index (χ1v) is 6.52. The van der Waals surface area contributed by atoms with Crippen LogP contribution in [0.5, 0.6) is 0 Å². The van der Waals surface area contributed by atoms with E-state index in [4.69, 9.17) is 0 Å². The Balaban J connectivity index is 2.02. The molecule has 0 aliphatic rings. The quantitative estimate of drug-likeness (QED) is 0.891. The molecule has 0 spiro atoms. The van der Waals surface area contributed by atoms with Gasteiger partial charge in [0.25, 0.3) is 0 Å². The van der Waals surface area contributed by atoms with Crippen molar-refractivity contribution in [3.05, 3.63) is 52.4 Å². The summed E-state index contributed by atoms with van der Waals surface area (Å²) in [5.41, 5.74) is 1.20. The Hall–Kier alpha value is -1.46. The van der Waals surface area contributed by atoms with Crippen molar-refractivity contribution in [1.82, 2.24) is 15.3 Å². The average Bonchev–Trinajstić information content (AvgIpc) is 2.39. The number of aromatic nitrogens is 2. The number of hydrogen-bond acceptors (Lipinski definition) is 4. The number of hydrogen-bond donors (Lipinski definition) is 2. The molecule has 0 saturated carbocycles. The first-order valence-electron chi connectivity index (χ1n) is 5.73. The maximum absolute atomic E-state index is 4.41. The van der Waals surface area contributed by atoms with Gasteiger partial charge in [0.05, 0.1) is 6.54 Å². The Bertz CT molecular complexity index is 516. The molecule has 0 aliphatic heterocycles. The summed E-state index contributed by atoms with van der Waals surface area (Å²) in [6, 6.07) is 10.0. The van der Waals surface area contributed by atoms with E-state index in [2.05, 4.69) is 42.6 Å². The number of rotatable bonds is 5. The van der Waals surface area contributed by atoms with Gasteiger partial charge in [0.2, 0.25) is 0 Å². The second-order valence-electron chi connectivity index (χ2n) is 3.83. The van der Waals surface area contributed by atoms with Gasteiger partial charge >= 0.3 is 0 Å². The van der Waals surface area contributed by atoms with Gasteiger partial charge in [-0.25, -0.2) is 9.97 Å². The van der Waals surface area contributed by atoms with Crippen LogP contribution in [-0.4, -0.2) is 17.0 Å². The summed E-state index contributed by atoms with van der Waals surface area (Å²) in [7, 11) is 1.88. The van der Waals surface area contributed by atoms with Crippen molar-refractivity contribution < 1.29 is 0 Å². The van der Waals surface area contributed by atoms with Crippen molar-refractivity contribution in [2.75, 3.05) is 12.4 Å². The standard InChI is InChI=1S/C13H15BrN4/c1-15-9-13-16-7-6-12(18-13)17-8-10-4-2-3-5-11(10)14/h2-7,15H,8-9H2,1H3,(H,16,17,18). The highest BCUT2D eigenvalue weighted by Crippen LogP contribution is 2.16. The highest BCUT2D eigenvalue weighted by Gasteiger charge is 2.00. The maximum Gasteiger partial charge on any atom is 0.144 e. The van der Waals surface area contributed by atoms with E-state index in [1.54, 1.807) is 6.20 Å². The summed E-state index contributed by atoms with van der Waals surface area (Å²) >= 11 is 3.53. The van der Waals surface area contributed by atoms with Crippen LogP contribution < -0.4 is 10.6 Å². The predicted molar refractivity (Wildman–Crippen MR) is 76.3 cm³/mol. The van der Waals surface area contributed by atoms with Crippen molar-refractivity contribution in [1.29, 1.82) is 0 Å². The van der Waals surface area contributed by atoms with Crippen LogP contribution in [0.15, 0.2) is 41.0 Å². The largest absolute Gasteiger partial charge is 0.366 e. The molecule has 1 aromatic heterocycles. The molecule has 0 unspecified atom stereocenters. The summed E-state index contributed by atoms with van der Waals surface area (Å²) < 4.78 is 1.10. The third-order valence-electron chi connectivity index (χ3n) is 2.46. The van der Waals surface area contributed by atoms with E-state index in [0.717, 1.165) is 22.7 Å². The molecule has 0 amide bonds. The molecule has 1 aromatic carbocycles. The summed E-state index contributed by atoms with van der Waals surface area (Å²) in [5.74, 6) is 1.63. The molecule has 0 saturated heterocycles. The lowest BCUT2D eigenvalue weighted by Crippen LogP contribution is -2.10. The molecule has 0 atom stereocenters. The van der Waals surface area contributed by atoms with Crippen LogP contribution in [0.1, 0.15) is 11.4 Å². The van der Waals surface area contributed by atoms with Crippen LogP contribution in [-0.2, 0) is 13.1 Å². The van der Waals surface area contributed by atoms with E-state index in [1.807, 2.05) is 31.3 Å². The predicted octanol–water partition coefficient (Wildman–Crippen LogP) is 2.57. The second-order valence-corrected chi connectivity index (χ2v) is 4.69. The van der Waals surface area contributed by atoms with Gasteiger partial charge in [0.15, 0.2) is 0 Å². The molecule has 0 radical (unpaired) electrons. The first-order chi connectivity index (χ1) is 8.79.